The van der Waals surface area contributed by atoms with E-state index in [0.29, 0.717) is 5.57 Å². The molecule has 0 N–H and O–H groups in total. The van der Waals surface area contributed by atoms with Crippen molar-refractivity contribution in [2.24, 2.45) is 0 Å². The summed E-state index contributed by atoms with van der Waals surface area (Å²) in [4.78, 5) is 11.7. The molecule has 0 unspecified atom stereocenters. The van der Waals surface area contributed by atoms with Gasteiger partial charge in [0, 0.05) is 0 Å². The summed E-state index contributed by atoms with van der Waals surface area (Å²) in [5, 5.41) is 0. The van der Waals surface area contributed by atoms with Crippen LogP contribution >= 0.6 is 0 Å². The van der Waals surface area contributed by atoms with Gasteiger partial charge in [0.15, 0.2) is 15.6 Å². The highest BCUT2D eigenvalue weighted by molar-refractivity contribution is 7.92. The van der Waals surface area contributed by atoms with Gasteiger partial charge in [0.25, 0.3) is 0 Å². The molecule has 0 aliphatic rings. The minimum atomic E-state index is -3.50. The highest BCUT2D eigenvalue weighted by atomic mass is 32.2. The fourth-order valence-electron chi connectivity index (χ4n) is 1.16. The fraction of sp³-hybridized carbons (Fsp3) is 0.250. The summed E-state index contributed by atoms with van der Waals surface area (Å²) in [6.45, 7) is 3.32. The summed E-state index contributed by atoms with van der Waals surface area (Å²) in [6.07, 6.45) is 1.61. The minimum absolute atomic E-state index is 0.187. The molecule has 4 heteroatoms. The van der Waals surface area contributed by atoms with Gasteiger partial charge in [0.2, 0.25) is 0 Å². The first-order chi connectivity index (χ1) is 7.47. The number of allylic oxidation sites excluding steroid dienone is 2. The van der Waals surface area contributed by atoms with E-state index in [1.165, 1.54) is 12.1 Å². The molecule has 16 heavy (non-hydrogen) atoms. The van der Waals surface area contributed by atoms with E-state index in [1.807, 2.05) is 0 Å². The van der Waals surface area contributed by atoms with Gasteiger partial charge in [-0.05, 0) is 31.6 Å². The van der Waals surface area contributed by atoms with Crippen LogP contribution in [-0.2, 0) is 14.6 Å². The first-order valence-corrected chi connectivity index (χ1v) is 6.56. The molecule has 0 saturated heterocycles. The SMILES string of the molecule is C/C=C(\C)C(=O)CS(=O)(=O)c1ccccc1. The number of sulfone groups is 1. The van der Waals surface area contributed by atoms with Gasteiger partial charge in [-0.25, -0.2) is 8.42 Å². The number of ketones is 1. The molecule has 0 spiro atoms. The van der Waals surface area contributed by atoms with Crippen LogP contribution in [0.5, 0.6) is 0 Å². The van der Waals surface area contributed by atoms with Crippen molar-refractivity contribution >= 4 is 15.6 Å². The molecule has 1 rings (SSSR count). The predicted molar refractivity (Wildman–Crippen MR) is 62.9 cm³/mol. The van der Waals surface area contributed by atoms with Crippen LogP contribution in [0.4, 0.5) is 0 Å². The second-order valence-corrected chi connectivity index (χ2v) is 5.46. The van der Waals surface area contributed by atoms with Gasteiger partial charge in [-0.15, -0.1) is 0 Å². The Kier molecular flexibility index (Phi) is 4.01. The molecular formula is C12H14O3S. The Balaban J connectivity index is 2.94. The first kappa shape index (κ1) is 12.6. The largest absolute Gasteiger partial charge is 0.293 e. The molecule has 86 valence electrons. The van der Waals surface area contributed by atoms with Gasteiger partial charge in [-0.2, -0.15) is 0 Å². The summed E-state index contributed by atoms with van der Waals surface area (Å²) >= 11 is 0. The van der Waals surface area contributed by atoms with Crippen LogP contribution in [0.1, 0.15) is 13.8 Å². The van der Waals surface area contributed by atoms with Crippen molar-refractivity contribution in [3.63, 3.8) is 0 Å². The highest BCUT2D eigenvalue weighted by Gasteiger charge is 2.19. The van der Waals surface area contributed by atoms with Crippen molar-refractivity contribution in [3.8, 4) is 0 Å². The maximum atomic E-state index is 11.8. The van der Waals surface area contributed by atoms with Crippen molar-refractivity contribution in [2.75, 3.05) is 5.75 Å². The second kappa shape index (κ2) is 5.07. The van der Waals surface area contributed by atoms with E-state index in [9.17, 15) is 13.2 Å². The third-order valence-corrected chi connectivity index (χ3v) is 3.93. The summed E-state index contributed by atoms with van der Waals surface area (Å²) in [7, 11) is -3.50. The number of benzene rings is 1. The monoisotopic (exact) mass is 238 g/mol. The average molecular weight is 238 g/mol. The van der Waals surface area contributed by atoms with Gasteiger partial charge in [0.05, 0.1) is 4.90 Å². The molecule has 0 amide bonds. The quantitative estimate of drug-likeness (QED) is 0.754. The molecular weight excluding hydrogens is 224 g/mol. The minimum Gasteiger partial charge on any atom is -0.293 e. The predicted octanol–water partition coefficient (Wildman–Crippen LogP) is 2.00. The van der Waals surface area contributed by atoms with Gasteiger partial charge >= 0.3 is 0 Å². The zero-order valence-electron chi connectivity index (χ0n) is 9.30. The Labute approximate surface area is 95.7 Å². The standard InChI is InChI=1S/C12H14O3S/c1-3-10(2)12(13)9-16(14,15)11-7-5-4-6-8-11/h3-8H,9H2,1-2H3/b10-3+. The molecule has 0 aliphatic heterocycles. The summed E-state index contributed by atoms with van der Waals surface area (Å²) < 4.78 is 23.6. The van der Waals surface area contributed by atoms with Gasteiger partial charge < -0.3 is 0 Å². The lowest BCUT2D eigenvalue weighted by Crippen LogP contribution is -2.16. The maximum absolute atomic E-state index is 11.8. The Morgan fingerprint density at radius 3 is 2.31 bits per heavy atom. The molecule has 3 nitrogen and oxygen atoms in total. The van der Waals surface area contributed by atoms with Crippen molar-refractivity contribution < 1.29 is 13.2 Å². The third kappa shape index (κ3) is 3.03. The fourth-order valence-corrected chi connectivity index (χ4v) is 2.47. The van der Waals surface area contributed by atoms with Gasteiger partial charge in [-0.1, -0.05) is 24.3 Å². The van der Waals surface area contributed by atoms with E-state index >= 15 is 0 Å². The van der Waals surface area contributed by atoms with E-state index < -0.39 is 15.6 Å². The molecule has 1 aromatic carbocycles. The van der Waals surface area contributed by atoms with Crippen LogP contribution in [-0.4, -0.2) is 20.0 Å². The van der Waals surface area contributed by atoms with E-state index in [-0.39, 0.29) is 10.7 Å². The normalized spacial score (nSPS) is 12.5. The Morgan fingerprint density at radius 1 is 1.25 bits per heavy atom. The Bertz CT molecular complexity index is 498. The molecule has 0 saturated carbocycles. The Hall–Kier alpha value is -1.42. The van der Waals surface area contributed by atoms with Crippen LogP contribution in [0, 0.1) is 0 Å². The first-order valence-electron chi connectivity index (χ1n) is 4.91. The van der Waals surface area contributed by atoms with Crippen LogP contribution in [0.15, 0.2) is 46.9 Å². The average Bonchev–Trinajstić information content (AvgIpc) is 2.28. The number of carbonyl (C=O) groups excluding carboxylic acids is 1. The number of rotatable bonds is 4. The van der Waals surface area contributed by atoms with Crippen molar-refractivity contribution in [1.29, 1.82) is 0 Å². The molecule has 0 aliphatic carbocycles. The molecule has 0 bridgehead atoms. The summed E-state index contributed by atoms with van der Waals surface area (Å²) in [6, 6.07) is 8.00. The topological polar surface area (TPSA) is 51.2 Å². The van der Waals surface area contributed by atoms with Crippen molar-refractivity contribution in [1.82, 2.24) is 0 Å². The molecule has 1 aromatic rings. The number of carbonyl (C=O) groups is 1. The number of Topliss-reactive ketones (excluding diaryl/α,β-unsaturated/α-hetero) is 1. The number of hydrogen-bond acceptors (Lipinski definition) is 3. The van der Waals surface area contributed by atoms with E-state index in [0.717, 1.165) is 0 Å². The summed E-state index contributed by atoms with van der Waals surface area (Å²) in [5.41, 5.74) is 0.472. The van der Waals surface area contributed by atoms with Crippen LogP contribution in [0.3, 0.4) is 0 Å². The lowest BCUT2D eigenvalue weighted by atomic mass is 10.2. The number of hydrogen-bond donors (Lipinski definition) is 0. The molecule has 0 radical (unpaired) electrons. The highest BCUT2D eigenvalue weighted by Crippen LogP contribution is 2.11. The second-order valence-electron chi connectivity index (χ2n) is 3.47. The van der Waals surface area contributed by atoms with E-state index in [2.05, 4.69) is 0 Å². The van der Waals surface area contributed by atoms with Crippen LogP contribution < -0.4 is 0 Å². The van der Waals surface area contributed by atoms with Crippen molar-refractivity contribution in [2.45, 2.75) is 18.7 Å². The Morgan fingerprint density at radius 2 is 1.81 bits per heavy atom. The van der Waals surface area contributed by atoms with Gasteiger partial charge in [-0.3, -0.25) is 4.79 Å². The molecule has 0 aromatic heterocycles. The molecule has 0 atom stereocenters. The zero-order chi connectivity index (χ0) is 12.2. The smallest absolute Gasteiger partial charge is 0.185 e. The lowest BCUT2D eigenvalue weighted by molar-refractivity contribution is -0.113. The molecule has 0 fully saturated rings. The maximum Gasteiger partial charge on any atom is 0.185 e. The van der Waals surface area contributed by atoms with Crippen LogP contribution in [0.2, 0.25) is 0 Å². The molecule has 0 heterocycles. The summed E-state index contributed by atoms with van der Waals surface area (Å²) in [5.74, 6) is -0.820. The van der Waals surface area contributed by atoms with E-state index in [1.54, 1.807) is 38.1 Å². The van der Waals surface area contributed by atoms with E-state index in [4.69, 9.17) is 0 Å². The lowest BCUT2D eigenvalue weighted by Gasteiger charge is -2.03. The van der Waals surface area contributed by atoms with Gasteiger partial charge in [0.1, 0.15) is 5.75 Å². The van der Waals surface area contributed by atoms with Crippen LogP contribution in [0.25, 0.3) is 0 Å². The zero-order valence-corrected chi connectivity index (χ0v) is 10.1. The van der Waals surface area contributed by atoms with Crippen molar-refractivity contribution in [3.05, 3.63) is 42.0 Å². The third-order valence-electron chi connectivity index (χ3n) is 2.30.